The van der Waals surface area contributed by atoms with Gasteiger partial charge in [-0.15, -0.1) is 0 Å². The summed E-state index contributed by atoms with van der Waals surface area (Å²) in [6.45, 7) is 9.02. The van der Waals surface area contributed by atoms with Crippen LogP contribution >= 0.6 is 50.5 Å². The van der Waals surface area contributed by atoms with Gasteiger partial charge in [0, 0.05) is 0 Å². The van der Waals surface area contributed by atoms with E-state index in [1.165, 1.54) is 128 Å². The Morgan fingerprint density at radius 3 is 0.738 bits per heavy atom. The summed E-state index contributed by atoms with van der Waals surface area (Å²) in [6, 6.07) is 0. The van der Waals surface area contributed by atoms with Gasteiger partial charge in [-0.3, -0.25) is 0 Å². The number of carbonyl (C=O) groups excluding carboxylic acids is 2. The quantitative estimate of drug-likeness (QED) is 0.0279. The summed E-state index contributed by atoms with van der Waals surface area (Å²) in [5.74, 6) is -0.242. The molecule has 0 aromatic carbocycles. The summed E-state index contributed by atoms with van der Waals surface area (Å²) in [4.78, 5) is 31.7. The molecule has 0 aliphatic rings. The maximum atomic E-state index is 13.6. The second-order valence-corrected chi connectivity index (χ2v) is 29.6. The third kappa shape index (κ3) is 39.5. The van der Waals surface area contributed by atoms with E-state index in [-0.39, 0.29) is 11.9 Å². The summed E-state index contributed by atoms with van der Waals surface area (Å²) in [5, 5.41) is 0. The van der Waals surface area contributed by atoms with Gasteiger partial charge in [-0.2, -0.15) is 0 Å². The van der Waals surface area contributed by atoms with Crippen molar-refractivity contribution in [2.24, 2.45) is 0 Å². The van der Waals surface area contributed by atoms with Crippen molar-refractivity contribution < 1.29 is 15.7 Å². The van der Waals surface area contributed by atoms with Crippen LogP contribution in [0.2, 0.25) is 8.87 Å². The number of carbonyl (C=O) groups is 2. The van der Waals surface area contributed by atoms with Crippen molar-refractivity contribution in [2.75, 3.05) is 0 Å². The van der Waals surface area contributed by atoms with Gasteiger partial charge in [-0.1, -0.05) is 78.1 Å². The summed E-state index contributed by atoms with van der Waals surface area (Å²) < 4.78 is 14.7. The van der Waals surface area contributed by atoms with E-state index < -0.39 is 19.2 Å². The Balaban J connectivity index is 5.09. The van der Waals surface area contributed by atoms with Crippen LogP contribution < -0.4 is 0 Å². The zero-order valence-electron chi connectivity index (χ0n) is 40.6. The normalized spacial score (nSPS) is 12.7. The molecule has 4 nitrogen and oxygen atoms in total. The Labute approximate surface area is 407 Å². The molecular formula is C52H100O4S4Sn. The van der Waals surface area contributed by atoms with Crippen LogP contribution in [0.25, 0.3) is 0 Å². The Bertz CT molecular complexity index is 1010. The van der Waals surface area contributed by atoms with E-state index in [1.807, 2.05) is 0 Å². The summed E-state index contributed by atoms with van der Waals surface area (Å²) in [6.07, 6.45) is 45.0. The van der Waals surface area contributed by atoms with Crippen LogP contribution in [-0.2, 0) is 15.7 Å². The average molecular weight is 1040 g/mol. The fraction of sp³-hybridized carbons (Fsp3) is 0.885. The van der Waals surface area contributed by atoms with Crippen LogP contribution in [0.4, 0.5) is 0 Å². The third-order valence-corrected chi connectivity index (χ3v) is 24.3. The van der Waals surface area contributed by atoms with Gasteiger partial charge >= 0.3 is 320 Å². The molecule has 0 aliphatic carbocycles. The van der Waals surface area contributed by atoms with E-state index in [0.29, 0.717) is 12.8 Å². The molecule has 360 valence electrons. The van der Waals surface area contributed by atoms with Crippen LogP contribution in [0.15, 0.2) is 19.6 Å². The van der Waals surface area contributed by atoms with E-state index in [2.05, 4.69) is 27.7 Å². The molecule has 0 rings (SSSR count). The van der Waals surface area contributed by atoms with Gasteiger partial charge in [0.15, 0.2) is 0 Å². The number of unbranched alkanes of at least 4 members (excludes halogenated alkanes) is 28. The number of rotatable bonds is 46. The van der Waals surface area contributed by atoms with Crippen LogP contribution in [0.5, 0.6) is 0 Å². The molecule has 0 saturated carbocycles. The monoisotopic (exact) mass is 1040 g/mol. The Morgan fingerprint density at radius 2 is 0.492 bits per heavy atom. The molecular weight excluding hydrogens is 936 g/mol. The van der Waals surface area contributed by atoms with Crippen LogP contribution in [0, 0.1) is 0 Å². The molecule has 9 heteroatoms. The molecule has 0 amide bonds. The maximum absolute atomic E-state index is 13.6. The van der Waals surface area contributed by atoms with E-state index in [4.69, 9.17) is 56.7 Å². The predicted octanol–water partition coefficient (Wildman–Crippen LogP) is 19.3. The fourth-order valence-corrected chi connectivity index (χ4v) is 18.7. The molecule has 0 bridgehead atoms. The molecule has 0 spiro atoms. The zero-order chi connectivity index (χ0) is 45.1. The van der Waals surface area contributed by atoms with Gasteiger partial charge in [0.25, 0.3) is 0 Å². The minimum Gasteiger partial charge on any atom is -0.0654 e. The summed E-state index contributed by atoms with van der Waals surface area (Å²) in [7, 11) is 0. The van der Waals surface area contributed by atoms with Crippen LogP contribution in [0.3, 0.4) is 0 Å². The molecule has 0 unspecified atom stereocenters. The molecule has 0 aliphatic heterocycles. The Kier molecular flexibility index (Phi) is 46.2. The number of hydrogen-bond acceptors (Lipinski definition) is 8. The third-order valence-electron chi connectivity index (χ3n) is 12.2. The first kappa shape index (κ1) is 61.6. The number of hydrogen-bond donors (Lipinski definition) is 4. The first-order valence-corrected chi connectivity index (χ1v) is 34.4. The Morgan fingerprint density at radius 1 is 0.295 bits per heavy atom. The van der Waals surface area contributed by atoms with E-state index in [1.54, 1.807) is 0 Å². The molecule has 61 heavy (non-hydrogen) atoms. The first-order valence-electron chi connectivity index (χ1n) is 26.3. The SMILES string of the molecule is CCCCCCCC/C(S)=C(/S)CCCCCCCC(=O)[O][Sn]([CH2]CCCCCCC)([CH2]CCCCCCC)[O]C(=O)CCCCCCC/C(S)=C(/S)CCCCCCCC. The van der Waals surface area contributed by atoms with Gasteiger partial charge in [0.1, 0.15) is 0 Å². The van der Waals surface area contributed by atoms with Crippen LogP contribution in [-0.4, -0.2) is 31.1 Å². The minimum absolute atomic E-state index is 0.121. The summed E-state index contributed by atoms with van der Waals surface area (Å²) >= 11 is 15.1. The molecule has 0 aromatic heterocycles. The molecule has 0 fully saturated rings. The second-order valence-electron chi connectivity index (χ2n) is 18.3. The molecule has 0 atom stereocenters. The fourth-order valence-electron chi connectivity index (χ4n) is 8.12. The smallest absolute Gasteiger partial charge is 0.0654 e. The minimum atomic E-state index is -4.02. The molecule has 0 saturated heterocycles. The van der Waals surface area contributed by atoms with E-state index >= 15 is 0 Å². The molecule has 0 heterocycles. The van der Waals surface area contributed by atoms with Crippen molar-refractivity contribution in [3.05, 3.63) is 19.6 Å². The summed E-state index contributed by atoms with van der Waals surface area (Å²) in [5.41, 5.74) is 0. The van der Waals surface area contributed by atoms with E-state index in [9.17, 15) is 9.59 Å². The first-order chi connectivity index (χ1) is 29.6. The van der Waals surface area contributed by atoms with Crippen molar-refractivity contribution in [1.29, 1.82) is 0 Å². The van der Waals surface area contributed by atoms with Gasteiger partial charge in [0.05, 0.1) is 0 Å². The Hall–Kier alpha value is 0.619. The molecule has 0 aromatic rings. The van der Waals surface area contributed by atoms with Gasteiger partial charge in [-0.25, -0.2) is 0 Å². The van der Waals surface area contributed by atoms with Crippen molar-refractivity contribution in [3.8, 4) is 0 Å². The van der Waals surface area contributed by atoms with Gasteiger partial charge < -0.3 is 0 Å². The number of thiol groups is 4. The van der Waals surface area contributed by atoms with Crippen molar-refractivity contribution in [3.63, 3.8) is 0 Å². The topological polar surface area (TPSA) is 52.6 Å². The van der Waals surface area contributed by atoms with Crippen molar-refractivity contribution in [2.45, 2.75) is 293 Å². The molecule has 0 N–H and O–H groups in total. The predicted molar refractivity (Wildman–Crippen MR) is 285 cm³/mol. The van der Waals surface area contributed by atoms with Crippen molar-refractivity contribution in [1.82, 2.24) is 0 Å². The van der Waals surface area contributed by atoms with Gasteiger partial charge in [0.2, 0.25) is 0 Å². The molecule has 0 radical (unpaired) electrons. The van der Waals surface area contributed by atoms with Gasteiger partial charge in [-0.05, 0) is 12.8 Å². The van der Waals surface area contributed by atoms with Crippen molar-refractivity contribution >= 4 is 81.7 Å². The van der Waals surface area contributed by atoms with Crippen LogP contribution in [0.1, 0.15) is 285 Å². The zero-order valence-corrected chi connectivity index (χ0v) is 47.1. The van der Waals surface area contributed by atoms with E-state index in [0.717, 1.165) is 144 Å². The number of allylic oxidation sites excluding steroid dienone is 4. The second kappa shape index (κ2) is 45.8. The average Bonchev–Trinajstić information content (AvgIpc) is 3.24. The standard InChI is InChI=1S/2C18H34O2S2.2C8H17.Sn/c2*1-2-3-4-5-7-10-13-16(21)17(22)14-11-8-6-9-12-15-18(19)20;2*1-3-5-7-8-6-4-2;/h2*21-22H,2-15H2,1H3,(H,19,20);2*1,3-8H2,2H3;/q;;;;+2/p-2/b2*17-16-;;;.